The van der Waals surface area contributed by atoms with E-state index in [1.807, 2.05) is 13.8 Å². The number of esters is 1. The molecular weight excluding hydrogens is 310 g/mol. The molecule has 0 aliphatic carbocycles. The molecule has 0 saturated carbocycles. The molecule has 0 fully saturated rings. The van der Waals surface area contributed by atoms with Crippen LogP contribution < -0.4 is 9.47 Å². The number of ether oxygens (including phenoxy) is 4. The molecular formula is C18H27NO5. The first-order chi connectivity index (χ1) is 11.5. The largest absolute Gasteiger partial charge is 0.488 e. The Morgan fingerprint density at radius 2 is 2.04 bits per heavy atom. The van der Waals surface area contributed by atoms with Gasteiger partial charge in [-0.15, -0.1) is 0 Å². The van der Waals surface area contributed by atoms with Crippen LogP contribution in [0.4, 0.5) is 0 Å². The third kappa shape index (κ3) is 6.20. The Hall–Kier alpha value is -2.08. The lowest BCUT2D eigenvalue weighted by molar-refractivity contribution is -0.138. The smallest absolute Gasteiger partial charge is 0.334 e. The molecule has 0 aliphatic heterocycles. The summed E-state index contributed by atoms with van der Waals surface area (Å²) in [6.07, 6.45) is 4.18. The van der Waals surface area contributed by atoms with Crippen molar-refractivity contribution in [2.45, 2.75) is 27.2 Å². The van der Waals surface area contributed by atoms with E-state index in [0.29, 0.717) is 37.0 Å². The van der Waals surface area contributed by atoms with Gasteiger partial charge in [-0.2, -0.15) is 0 Å². The molecule has 0 spiro atoms. The summed E-state index contributed by atoms with van der Waals surface area (Å²) in [7, 11) is 3.19. The topological polar surface area (TPSA) is 66.9 Å². The highest BCUT2D eigenvalue weighted by Gasteiger charge is 2.15. The Morgan fingerprint density at radius 3 is 2.62 bits per heavy atom. The van der Waals surface area contributed by atoms with E-state index in [-0.39, 0.29) is 11.9 Å². The highest BCUT2D eigenvalue weighted by molar-refractivity contribution is 5.94. The molecule has 0 N–H and O–H groups in total. The molecule has 0 aromatic carbocycles. The number of pyridine rings is 1. The second-order valence-corrected chi connectivity index (χ2v) is 5.45. The normalized spacial score (nSPS) is 11.5. The zero-order chi connectivity index (χ0) is 17.9. The van der Waals surface area contributed by atoms with Crippen LogP contribution in [0.3, 0.4) is 0 Å². The molecule has 0 bridgehead atoms. The molecule has 1 rings (SSSR count). The SMILES string of the molecule is CCOC(=O)C(=Cc1cnc(OC)c(OCCCOC)c1)C(C)C. The van der Waals surface area contributed by atoms with Crippen LogP contribution in [0.5, 0.6) is 11.6 Å². The number of carbonyl (C=O) groups excluding carboxylic acids is 1. The minimum Gasteiger partial charge on any atom is -0.488 e. The Labute approximate surface area is 143 Å². The van der Waals surface area contributed by atoms with Crippen LogP contribution in [-0.2, 0) is 14.3 Å². The van der Waals surface area contributed by atoms with Crippen LogP contribution in [0, 0.1) is 5.92 Å². The van der Waals surface area contributed by atoms with Crippen LogP contribution in [0.25, 0.3) is 6.08 Å². The van der Waals surface area contributed by atoms with E-state index in [9.17, 15) is 4.79 Å². The zero-order valence-corrected chi connectivity index (χ0v) is 15.1. The fourth-order valence-electron chi connectivity index (χ4n) is 2.02. The Kier molecular flexibility index (Phi) is 8.86. The summed E-state index contributed by atoms with van der Waals surface area (Å²) in [6, 6.07) is 1.81. The third-order valence-electron chi connectivity index (χ3n) is 3.24. The van der Waals surface area contributed by atoms with Crippen LogP contribution >= 0.6 is 0 Å². The van der Waals surface area contributed by atoms with Gasteiger partial charge in [-0.05, 0) is 30.5 Å². The van der Waals surface area contributed by atoms with E-state index < -0.39 is 0 Å². The van der Waals surface area contributed by atoms with Gasteiger partial charge in [0.1, 0.15) is 0 Å². The summed E-state index contributed by atoms with van der Waals surface area (Å²) in [5, 5.41) is 0. The fourth-order valence-corrected chi connectivity index (χ4v) is 2.02. The van der Waals surface area contributed by atoms with Gasteiger partial charge in [0.2, 0.25) is 0 Å². The van der Waals surface area contributed by atoms with Crippen molar-refractivity contribution in [1.82, 2.24) is 4.98 Å². The van der Waals surface area contributed by atoms with Crippen molar-refractivity contribution < 1.29 is 23.7 Å². The minimum atomic E-state index is -0.314. The van der Waals surface area contributed by atoms with Crippen molar-refractivity contribution in [3.8, 4) is 11.6 Å². The summed E-state index contributed by atoms with van der Waals surface area (Å²) in [5.41, 5.74) is 1.35. The molecule has 1 aromatic heterocycles. The highest BCUT2D eigenvalue weighted by Crippen LogP contribution is 2.27. The maximum atomic E-state index is 12.1. The molecule has 1 aromatic rings. The van der Waals surface area contributed by atoms with E-state index in [0.717, 1.165) is 12.0 Å². The van der Waals surface area contributed by atoms with Crippen molar-refractivity contribution in [2.24, 2.45) is 5.92 Å². The van der Waals surface area contributed by atoms with Gasteiger partial charge >= 0.3 is 5.97 Å². The van der Waals surface area contributed by atoms with Crippen LogP contribution in [-0.4, -0.2) is 45.0 Å². The zero-order valence-electron chi connectivity index (χ0n) is 15.1. The molecule has 24 heavy (non-hydrogen) atoms. The van der Waals surface area contributed by atoms with Crippen molar-refractivity contribution in [1.29, 1.82) is 0 Å². The summed E-state index contributed by atoms with van der Waals surface area (Å²) in [6.45, 7) is 7.14. The maximum absolute atomic E-state index is 12.1. The van der Waals surface area contributed by atoms with Crippen molar-refractivity contribution in [3.05, 3.63) is 23.4 Å². The maximum Gasteiger partial charge on any atom is 0.334 e. The molecule has 134 valence electrons. The van der Waals surface area contributed by atoms with Crippen molar-refractivity contribution in [3.63, 3.8) is 0 Å². The van der Waals surface area contributed by atoms with Crippen LogP contribution in [0.15, 0.2) is 17.8 Å². The first-order valence-electron chi connectivity index (χ1n) is 8.07. The third-order valence-corrected chi connectivity index (χ3v) is 3.24. The highest BCUT2D eigenvalue weighted by atomic mass is 16.5. The Balaban J connectivity index is 3.01. The number of hydrogen-bond donors (Lipinski definition) is 0. The first-order valence-corrected chi connectivity index (χ1v) is 8.07. The lowest BCUT2D eigenvalue weighted by Crippen LogP contribution is -2.12. The second kappa shape index (κ2) is 10.6. The number of nitrogens with zero attached hydrogens (tertiary/aromatic N) is 1. The number of aromatic nitrogens is 1. The van der Waals surface area contributed by atoms with Gasteiger partial charge in [0, 0.05) is 31.9 Å². The number of methoxy groups -OCH3 is 2. The van der Waals surface area contributed by atoms with E-state index in [1.54, 1.807) is 32.4 Å². The molecule has 1 heterocycles. The molecule has 0 radical (unpaired) electrons. The summed E-state index contributed by atoms with van der Waals surface area (Å²) in [5.74, 6) is 0.671. The van der Waals surface area contributed by atoms with Crippen LogP contribution in [0.2, 0.25) is 0 Å². The van der Waals surface area contributed by atoms with Gasteiger partial charge in [-0.1, -0.05) is 13.8 Å². The predicted molar refractivity (Wildman–Crippen MR) is 92.2 cm³/mol. The van der Waals surface area contributed by atoms with Gasteiger partial charge in [-0.3, -0.25) is 0 Å². The standard InChI is InChI=1S/C18H27NO5/c1-6-23-18(20)15(13(2)3)10-14-11-16(17(22-5)19-12-14)24-9-7-8-21-4/h10-13H,6-9H2,1-5H3. The average Bonchev–Trinajstić information content (AvgIpc) is 2.56. The molecule has 0 atom stereocenters. The molecule has 6 nitrogen and oxygen atoms in total. The number of rotatable bonds is 10. The van der Waals surface area contributed by atoms with Gasteiger partial charge in [0.05, 0.1) is 20.3 Å². The van der Waals surface area contributed by atoms with E-state index >= 15 is 0 Å². The predicted octanol–water partition coefficient (Wildman–Crippen LogP) is 3.11. The lowest BCUT2D eigenvalue weighted by Gasteiger charge is -2.12. The van der Waals surface area contributed by atoms with Gasteiger partial charge in [0.15, 0.2) is 5.75 Å². The molecule has 0 aliphatic rings. The van der Waals surface area contributed by atoms with Crippen LogP contribution in [0.1, 0.15) is 32.8 Å². The first kappa shape index (κ1) is 20.0. The Bertz CT molecular complexity index is 554. The average molecular weight is 337 g/mol. The summed E-state index contributed by atoms with van der Waals surface area (Å²) >= 11 is 0. The monoisotopic (exact) mass is 337 g/mol. The summed E-state index contributed by atoms with van der Waals surface area (Å²) in [4.78, 5) is 16.3. The van der Waals surface area contributed by atoms with Gasteiger partial charge in [-0.25, -0.2) is 9.78 Å². The van der Waals surface area contributed by atoms with Crippen molar-refractivity contribution in [2.75, 3.05) is 34.0 Å². The molecule has 0 amide bonds. The molecule has 0 saturated heterocycles. The fraction of sp³-hybridized carbons (Fsp3) is 0.556. The number of carbonyl (C=O) groups is 1. The lowest BCUT2D eigenvalue weighted by atomic mass is 10.0. The quantitative estimate of drug-likeness (QED) is 0.371. The van der Waals surface area contributed by atoms with Crippen molar-refractivity contribution >= 4 is 12.0 Å². The summed E-state index contributed by atoms with van der Waals surface area (Å²) < 4.78 is 21.0. The Morgan fingerprint density at radius 1 is 1.29 bits per heavy atom. The van der Waals surface area contributed by atoms with Gasteiger partial charge in [0.25, 0.3) is 5.88 Å². The second-order valence-electron chi connectivity index (χ2n) is 5.45. The van der Waals surface area contributed by atoms with E-state index in [4.69, 9.17) is 18.9 Å². The van der Waals surface area contributed by atoms with Gasteiger partial charge < -0.3 is 18.9 Å². The molecule has 0 unspecified atom stereocenters. The van der Waals surface area contributed by atoms with E-state index in [2.05, 4.69) is 4.98 Å². The molecule has 6 heteroatoms. The minimum absolute atomic E-state index is 0.0391. The number of hydrogen-bond acceptors (Lipinski definition) is 6. The van der Waals surface area contributed by atoms with E-state index in [1.165, 1.54) is 7.11 Å².